The molecule has 0 fully saturated rings. The molecular weight excluding hydrogens is 338 g/mol. The number of pyridine rings is 1. The van der Waals surface area contributed by atoms with Crippen LogP contribution in [0.4, 0.5) is 0 Å². The summed E-state index contributed by atoms with van der Waals surface area (Å²) in [6, 6.07) is 11.7. The van der Waals surface area contributed by atoms with Gasteiger partial charge in [-0.05, 0) is 19.1 Å². The Bertz CT molecular complexity index is 1000. The van der Waals surface area contributed by atoms with E-state index in [4.69, 9.17) is 13.9 Å². The minimum atomic E-state index is -0.617. The largest absolute Gasteiger partial charge is 0.460 e. The fourth-order valence-corrected chi connectivity index (χ4v) is 2.53. The van der Waals surface area contributed by atoms with E-state index in [9.17, 15) is 14.4 Å². The number of esters is 2. The SMILES string of the molecule is CCOC(=O)c1oc2ccccc2c1COC(=O)Cn1ccccc1=O. The van der Waals surface area contributed by atoms with Gasteiger partial charge in [0.15, 0.2) is 0 Å². The number of benzene rings is 1. The third kappa shape index (κ3) is 3.66. The van der Waals surface area contributed by atoms with Crippen molar-refractivity contribution in [2.45, 2.75) is 20.1 Å². The maximum Gasteiger partial charge on any atom is 0.374 e. The zero-order valence-electron chi connectivity index (χ0n) is 14.1. The van der Waals surface area contributed by atoms with Crippen LogP contribution in [0.1, 0.15) is 23.0 Å². The molecule has 0 atom stereocenters. The predicted molar refractivity (Wildman–Crippen MR) is 92.7 cm³/mol. The lowest BCUT2D eigenvalue weighted by Crippen LogP contribution is -2.23. The summed E-state index contributed by atoms with van der Waals surface area (Å²) in [6.45, 7) is 1.51. The van der Waals surface area contributed by atoms with E-state index < -0.39 is 11.9 Å². The highest BCUT2D eigenvalue weighted by molar-refractivity contribution is 5.96. The topological polar surface area (TPSA) is 87.7 Å². The highest BCUT2D eigenvalue weighted by Gasteiger charge is 2.22. The van der Waals surface area contributed by atoms with E-state index in [0.29, 0.717) is 16.5 Å². The molecule has 0 saturated heterocycles. The van der Waals surface area contributed by atoms with E-state index in [-0.39, 0.29) is 31.1 Å². The number of rotatable bonds is 6. The average molecular weight is 355 g/mol. The number of hydrogen-bond donors (Lipinski definition) is 0. The summed E-state index contributed by atoms with van der Waals surface area (Å²) < 4.78 is 17.1. The molecule has 2 aromatic heterocycles. The van der Waals surface area contributed by atoms with Crippen LogP contribution in [-0.2, 0) is 27.4 Å². The van der Waals surface area contributed by atoms with E-state index in [1.807, 2.05) is 0 Å². The van der Waals surface area contributed by atoms with E-state index in [1.165, 1.54) is 16.8 Å². The van der Waals surface area contributed by atoms with E-state index in [2.05, 4.69) is 0 Å². The van der Waals surface area contributed by atoms with Crippen molar-refractivity contribution in [2.75, 3.05) is 6.61 Å². The first-order chi connectivity index (χ1) is 12.6. The van der Waals surface area contributed by atoms with E-state index in [0.717, 1.165) is 0 Å². The molecule has 0 aliphatic heterocycles. The smallest absolute Gasteiger partial charge is 0.374 e. The van der Waals surface area contributed by atoms with Crippen LogP contribution < -0.4 is 5.56 Å². The summed E-state index contributed by atoms with van der Waals surface area (Å²) in [6.07, 6.45) is 1.50. The van der Waals surface area contributed by atoms with Crippen molar-refractivity contribution in [3.05, 3.63) is 70.3 Å². The molecule has 0 amide bonds. The number of furan rings is 1. The van der Waals surface area contributed by atoms with Gasteiger partial charge in [-0.3, -0.25) is 9.59 Å². The minimum Gasteiger partial charge on any atom is -0.460 e. The first kappa shape index (κ1) is 17.5. The number of nitrogens with zero attached hydrogens (tertiary/aromatic N) is 1. The van der Waals surface area contributed by atoms with Gasteiger partial charge in [0.25, 0.3) is 5.56 Å². The first-order valence-corrected chi connectivity index (χ1v) is 8.08. The van der Waals surface area contributed by atoms with Crippen molar-refractivity contribution in [1.29, 1.82) is 0 Å². The summed E-state index contributed by atoms with van der Waals surface area (Å²) in [5, 5.41) is 0.667. The summed E-state index contributed by atoms with van der Waals surface area (Å²) in [5.41, 5.74) is 0.638. The Hall–Kier alpha value is -3.35. The van der Waals surface area contributed by atoms with Gasteiger partial charge in [-0.2, -0.15) is 0 Å². The van der Waals surface area contributed by atoms with Crippen molar-refractivity contribution >= 4 is 22.9 Å². The van der Waals surface area contributed by atoms with Crippen molar-refractivity contribution in [3.8, 4) is 0 Å². The molecule has 0 aliphatic carbocycles. The van der Waals surface area contributed by atoms with Crippen molar-refractivity contribution in [3.63, 3.8) is 0 Å². The van der Waals surface area contributed by atoms with Crippen LogP contribution in [0.2, 0.25) is 0 Å². The molecule has 26 heavy (non-hydrogen) atoms. The van der Waals surface area contributed by atoms with Gasteiger partial charge in [-0.1, -0.05) is 24.3 Å². The van der Waals surface area contributed by atoms with Crippen LogP contribution >= 0.6 is 0 Å². The van der Waals surface area contributed by atoms with Crippen LogP contribution in [0.15, 0.2) is 57.9 Å². The Kier molecular flexibility index (Phi) is 5.17. The average Bonchev–Trinajstić information content (AvgIpc) is 3.01. The molecule has 134 valence electrons. The molecule has 0 N–H and O–H groups in total. The summed E-state index contributed by atoms with van der Waals surface area (Å²) in [7, 11) is 0. The van der Waals surface area contributed by atoms with Crippen molar-refractivity contribution in [1.82, 2.24) is 4.57 Å². The van der Waals surface area contributed by atoms with Crippen molar-refractivity contribution in [2.24, 2.45) is 0 Å². The van der Waals surface area contributed by atoms with Gasteiger partial charge in [0, 0.05) is 17.6 Å². The number of aromatic nitrogens is 1. The lowest BCUT2D eigenvalue weighted by atomic mass is 10.1. The Morgan fingerprint density at radius 2 is 1.85 bits per heavy atom. The summed E-state index contributed by atoms with van der Waals surface area (Å²) in [4.78, 5) is 35.8. The molecule has 0 spiro atoms. The Morgan fingerprint density at radius 1 is 1.08 bits per heavy atom. The number of ether oxygens (including phenoxy) is 2. The Labute approximate surface area is 148 Å². The highest BCUT2D eigenvalue weighted by Crippen LogP contribution is 2.27. The van der Waals surface area contributed by atoms with Gasteiger partial charge in [-0.15, -0.1) is 0 Å². The number of carbonyl (C=O) groups excluding carboxylic acids is 2. The van der Waals surface area contributed by atoms with Gasteiger partial charge in [-0.25, -0.2) is 4.79 Å². The maximum atomic E-state index is 12.1. The summed E-state index contributed by atoms with van der Waals surface area (Å²) in [5.74, 6) is -1.20. The standard InChI is InChI=1S/C19H17NO6/c1-2-24-19(23)18-14(13-7-3-4-8-15(13)26-18)12-25-17(22)11-20-10-6-5-9-16(20)21/h3-10H,2,11-12H2,1H3. The summed E-state index contributed by atoms with van der Waals surface area (Å²) >= 11 is 0. The van der Waals surface area contributed by atoms with Gasteiger partial charge < -0.3 is 18.5 Å². The lowest BCUT2D eigenvalue weighted by molar-refractivity contribution is -0.145. The molecule has 0 radical (unpaired) electrons. The molecule has 3 aromatic rings. The monoisotopic (exact) mass is 355 g/mol. The van der Waals surface area contributed by atoms with Crippen molar-refractivity contribution < 1.29 is 23.5 Å². The van der Waals surface area contributed by atoms with Gasteiger partial charge in [0.1, 0.15) is 18.7 Å². The number of carbonyl (C=O) groups is 2. The van der Waals surface area contributed by atoms with Crippen LogP contribution in [0, 0.1) is 0 Å². The number of fused-ring (bicyclic) bond motifs is 1. The Morgan fingerprint density at radius 3 is 2.62 bits per heavy atom. The van der Waals surface area contributed by atoms with E-state index in [1.54, 1.807) is 43.3 Å². The molecule has 7 nitrogen and oxygen atoms in total. The minimum absolute atomic E-state index is 0.0118. The quantitative estimate of drug-likeness (QED) is 0.632. The molecule has 0 aliphatic rings. The number of para-hydroxylation sites is 1. The fourth-order valence-electron chi connectivity index (χ4n) is 2.53. The predicted octanol–water partition coefficient (Wildman–Crippen LogP) is 2.51. The molecule has 0 saturated carbocycles. The maximum absolute atomic E-state index is 12.1. The zero-order valence-corrected chi connectivity index (χ0v) is 14.1. The van der Waals surface area contributed by atoms with E-state index >= 15 is 0 Å². The molecule has 7 heteroatoms. The van der Waals surface area contributed by atoms with Gasteiger partial charge >= 0.3 is 11.9 Å². The molecular formula is C19H17NO6. The van der Waals surface area contributed by atoms with Gasteiger partial charge in [0.05, 0.1) is 12.2 Å². The number of hydrogen-bond acceptors (Lipinski definition) is 6. The lowest BCUT2D eigenvalue weighted by Gasteiger charge is -2.07. The highest BCUT2D eigenvalue weighted by atomic mass is 16.5. The third-order valence-corrected chi connectivity index (χ3v) is 3.74. The van der Waals surface area contributed by atoms with Gasteiger partial charge in [0.2, 0.25) is 5.76 Å². The molecule has 0 unspecified atom stereocenters. The second-order valence-electron chi connectivity index (χ2n) is 5.45. The van der Waals surface area contributed by atoms with Crippen LogP contribution in [-0.4, -0.2) is 23.1 Å². The third-order valence-electron chi connectivity index (χ3n) is 3.74. The molecule has 1 aromatic carbocycles. The molecule has 2 heterocycles. The van der Waals surface area contributed by atoms with Crippen LogP contribution in [0.3, 0.4) is 0 Å². The molecule has 3 rings (SSSR count). The molecule has 0 bridgehead atoms. The first-order valence-electron chi connectivity index (χ1n) is 8.08. The Balaban J connectivity index is 1.80. The zero-order chi connectivity index (χ0) is 18.5. The normalized spacial score (nSPS) is 10.7. The fraction of sp³-hybridized carbons (Fsp3) is 0.211. The van der Waals surface area contributed by atoms with Crippen LogP contribution in [0.5, 0.6) is 0 Å². The van der Waals surface area contributed by atoms with Crippen LogP contribution in [0.25, 0.3) is 11.0 Å². The second kappa shape index (κ2) is 7.69. The second-order valence-corrected chi connectivity index (χ2v) is 5.45.